The Labute approximate surface area is 318 Å². The average Bonchev–Trinajstić information content (AvgIpc) is 3.07. The van der Waals surface area contributed by atoms with Gasteiger partial charge in [-0.15, -0.1) is 0 Å². The van der Waals surface area contributed by atoms with Gasteiger partial charge in [0.1, 0.15) is 23.0 Å². The van der Waals surface area contributed by atoms with Gasteiger partial charge in [-0.1, -0.05) is 83.1 Å². The summed E-state index contributed by atoms with van der Waals surface area (Å²) in [6.45, 7) is 22.2. The van der Waals surface area contributed by atoms with E-state index in [-0.39, 0.29) is 21.7 Å². The summed E-state index contributed by atoms with van der Waals surface area (Å²) >= 11 is 0. The van der Waals surface area contributed by atoms with Crippen molar-refractivity contribution in [1.82, 2.24) is 0 Å². The molecule has 288 valence electrons. The van der Waals surface area contributed by atoms with Crippen LogP contribution in [0.4, 0.5) is 0 Å². The van der Waals surface area contributed by atoms with E-state index in [9.17, 15) is 0 Å². The number of hydrogen-bond acceptors (Lipinski definition) is 8. The van der Waals surface area contributed by atoms with Crippen molar-refractivity contribution in [2.75, 3.05) is 28.4 Å². The first kappa shape index (κ1) is 41.1. The zero-order valence-electron chi connectivity index (χ0n) is 34.8. The summed E-state index contributed by atoms with van der Waals surface area (Å²) in [6.07, 6.45) is 0. The van der Waals surface area contributed by atoms with Gasteiger partial charge in [0, 0.05) is 0 Å². The number of ether oxygens (including phenoxy) is 4. The summed E-state index contributed by atoms with van der Waals surface area (Å²) < 4.78 is 51.4. The first-order valence-corrected chi connectivity index (χ1v) is 18.2. The van der Waals surface area contributed by atoms with Gasteiger partial charge in [-0.05, 0) is 117 Å². The third kappa shape index (κ3) is 9.86. The van der Waals surface area contributed by atoms with Crippen molar-refractivity contribution in [1.29, 1.82) is 0 Å². The van der Waals surface area contributed by atoms with E-state index in [2.05, 4.69) is 83.1 Å². The average molecular weight is 728 g/mol. The van der Waals surface area contributed by atoms with Gasteiger partial charge in [0.2, 0.25) is 0 Å². The van der Waals surface area contributed by atoms with Gasteiger partial charge in [0.05, 0.1) is 51.4 Å². The molecule has 8 nitrogen and oxygen atoms in total. The Morgan fingerprint density at radius 3 is 0.660 bits per heavy atom. The molecule has 0 fully saturated rings. The van der Waals surface area contributed by atoms with E-state index >= 15 is 0 Å². The lowest BCUT2D eigenvalue weighted by Gasteiger charge is -2.45. The second-order valence-electron chi connectivity index (χ2n) is 17.5. The van der Waals surface area contributed by atoms with Crippen LogP contribution < -0.4 is 37.6 Å². The third-order valence-electron chi connectivity index (χ3n) is 9.06. The van der Waals surface area contributed by atoms with Crippen LogP contribution in [0.1, 0.15) is 105 Å². The Balaban J connectivity index is 2.15. The highest BCUT2D eigenvalue weighted by molar-refractivity contribution is 6.57. The molecule has 0 aliphatic heterocycles. The fraction of sp³-hybridized carbons (Fsp3) is 0.455. The van der Waals surface area contributed by atoms with Crippen molar-refractivity contribution < 1.29 is 37.6 Å². The highest BCUT2D eigenvalue weighted by Crippen LogP contribution is 2.43. The van der Waals surface area contributed by atoms with Crippen molar-refractivity contribution >= 4 is 6.96 Å². The Morgan fingerprint density at radius 1 is 0.321 bits per heavy atom. The predicted octanol–water partition coefficient (Wildman–Crippen LogP) is 11.0. The van der Waals surface area contributed by atoms with Crippen molar-refractivity contribution in [2.45, 2.75) is 105 Å². The first-order chi connectivity index (χ1) is 24.5. The minimum Gasteiger partial charge on any atom is -0.611 e. The van der Waals surface area contributed by atoms with Gasteiger partial charge >= 0.3 is 6.96 Å². The van der Waals surface area contributed by atoms with E-state index in [1.165, 1.54) is 0 Å². The minimum atomic E-state index is -3.25. The monoisotopic (exact) mass is 727 g/mol. The summed E-state index contributed by atoms with van der Waals surface area (Å²) in [5.74, 6) is 4.85. The first-order valence-electron chi connectivity index (χ1n) is 18.2. The molecule has 0 aliphatic carbocycles. The summed E-state index contributed by atoms with van der Waals surface area (Å²) in [5.41, 5.74) is 2.04. The van der Waals surface area contributed by atoms with Gasteiger partial charge in [-0.3, -0.25) is 0 Å². The van der Waals surface area contributed by atoms with E-state index in [1.54, 1.807) is 28.4 Å². The number of methoxy groups -OCH3 is 4. The molecule has 0 heterocycles. The minimum absolute atomic E-state index is 0.365. The zero-order chi connectivity index (χ0) is 39.6. The lowest BCUT2D eigenvalue weighted by Crippen LogP contribution is -2.61. The highest BCUT2D eigenvalue weighted by atomic mass is 16.9. The molecule has 0 spiro atoms. The fourth-order valence-corrected chi connectivity index (χ4v) is 6.07. The largest absolute Gasteiger partial charge is 0.777 e. The number of hydrogen-bond donors (Lipinski definition) is 0. The molecular formula is C44H60BO8-. The van der Waals surface area contributed by atoms with Crippen LogP contribution in [0.2, 0.25) is 0 Å². The van der Waals surface area contributed by atoms with Crippen LogP contribution in [0.15, 0.2) is 72.8 Å². The molecule has 0 amide bonds. The van der Waals surface area contributed by atoms with Crippen LogP contribution in [0.25, 0.3) is 0 Å². The highest BCUT2D eigenvalue weighted by Gasteiger charge is 2.46. The smallest absolute Gasteiger partial charge is 0.611 e. The molecule has 4 aromatic carbocycles. The van der Waals surface area contributed by atoms with E-state index in [1.807, 2.05) is 72.8 Å². The lowest BCUT2D eigenvalue weighted by molar-refractivity contribution is 0.155. The molecule has 0 aliphatic rings. The lowest BCUT2D eigenvalue weighted by atomic mass is 9.84. The van der Waals surface area contributed by atoms with Crippen molar-refractivity contribution in [3.63, 3.8) is 0 Å². The van der Waals surface area contributed by atoms with E-state index in [0.717, 1.165) is 22.3 Å². The van der Waals surface area contributed by atoms with Crippen LogP contribution in [0.5, 0.6) is 46.0 Å². The summed E-state index contributed by atoms with van der Waals surface area (Å²) in [4.78, 5) is 0. The Morgan fingerprint density at radius 2 is 0.509 bits per heavy atom. The third-order valence-corrected chi connectivity index (χ3v) is 9.06. The molecular weight excluding hydrogens is 667 g/mol. The molecule has 4 rings (SSSR count). The predicted molar refractivity (Wildman–Crippen MR) is 215 cm³/mol. The molecule has 0 atom stereocenters. The maximum atomic E-state index is 7.19. The van der Waals surface area contributed by atoms with Crippen LogP contribution >= 0.6 is 0 Å². The molecule has 0 saturated heterocycles. The molecule has 0 bridgehead atoms. The Hall–Kier alpha value is -4.66. The van der Waals surface area contributed by atoms with Gasteiger partial charge in [0.25, 0.3) is 0 Å². The van der Waals surface area contributed by atoms with Gasteiger partial charge in [-0.2, -0.15) is 0 Å². The maximum absolute atomic E-state index is 7.19. The molecule has 53 heavy (non-hydrogen) atoms. The summed E-state index contributed by atoms with van der Waals surface area (Å²) in [7, 11) is 6.61. The van der Waals surface area contributed by atoms with Crippen LogP contribution in [-0.2, 0) is 21.7 Å². The Bertz CT molecular complexity index is 1600. The quantitative estimate of drug-likeness (QED) is 0.134. The second-order valence-corrected chi connectivity index (χ2v) is 17.5. The van der Waals surface area contributed by atoms with Crippen LogP contribution in [0.3, 0.4) is 0 Å². The van der Waals surface area contributed by atoms with Gasteiger partial charge in [0.15, 0.2) is 0 Å². The standard InChI is InChI=1S/C44H60BO8/c1-41(2,3)33-25-29(46-13)17-21-37(33)50-45(51-38-22-18-30(47-14)26-34(38)42(4,5)6,52-39-23-19-31(48-15)27-35(39)43(7,8)9)53-40-24-20-32(49-16)28-36(40)44(10,11)12/h17-28H,1-16H3/q-1. The molecule has 0 aromatic heterocycles. The number of rotatable bonds is 12. The van der Waals surface area contributed by atoms with E-state index in [4.69, 9.17) is 37.6 Å². The zero-order valence-corrected chi connectivity index (χ0v) is 34.8. The normalized spacial score (nSPS) is 12.5. The van der Waals surface area contributed by atoms with Crippen molar-refractivity contribution in [3.8, 4) is 46.0 Å². The van der Waals surface area contributed by atoms with Crippen LogP contribution in [0, 0.1) is 0 Å². The van der Waals surface area contributed by atoms with E-state index < -0.39 is 6.96 Å². The summed E-state index contributed by atoms with van der Waals surface area (Å²) in [5, 5.41) is 0. The maximum Gasteiger partial charge on any atom is 0.777 e. The van der Waals surface area contributed by atoms with Crippen LogP contribution in [-0.4, -0.2) is 35.4 Å². The molecule has 0 radical (unpaired) electrons. The fourth-order valence-electron chi connectivity index (χ4n) is 6.07. The van der Waals surface area contributed by atoms with E-state index in [0.29, 0.717) is 46.0 Å². The SMILES string of the molecule is COc1ccc(O[B-](Oc2ccc(OC)cc2C(C)(C)C)(Oc2ccc(OC)cc2C(C)(C)C)Oc2ccc(OC)cc2C(C)(C)C)c(C(C)(C)C)c1. The second kappa shape index (κ2) is 15.4. The molecule has 0 saturated carbocycles. The molecule has 0 N–H and O–H groups in total. The molecule has 4 aromatic rings. The molecule has 9 heteroatoms. The van der Waals surface area contributed by atoms with Crippen molar-refractivity contribution in [2.24, 2.45) is 0 Å². The van der Waals surface area contributed by atoms with Gasteiger partial charge < -0.3 is 37.6 Å². The topological polar surface area (TPSA) is 73.8 Å². The number of benzene rings is 4. The summed E-state index contributed by atoms with van der Waals surface area (Å²) in [6, 6.07) is 22.9. The molecule has 0 unspecified atom stereocenters. The Kier molecular flexibility index (Phi) is 11.9. The van der Waals surface area contributed by atoms with Crippen molar-refractivity contribution in [3.05, 3.63) is 95.1 Å². The van der Waals surface area contributed by atoms with Gasteiger partial charge in [-0.25, -0.2) is 0 Å².